The lowest BCUT2D eigenvalue weighted by Gasteiger charge is -2.06. The van der Waals surface area contributed by atoms with Crippen LogP contribution < -0.4 is 10.7 Å². The van der Waals surface area contributed by atoms with Crippen molar-refractivity contribution >= 4 is 23.2 Å². The molecule has 6 heteroatoms. The summed E-state index contributed by atoms with van der Waals surface area (Å²) >= 11 is 0. The SMILES string of the molecule is C/C(=N/NC(=O)c1cccnc1)c1ccc(NC(=O)C2CC2)cc1. The van der Waals surface area contributed by atoms with Crippen LogP contribution in [0.2, 0.25) is 0 Å². The van der Waals surface area contributed by atoms with Crippen molar-refractivity contribution in [2.24, 2.45) is 11.0 Å². The van der Waals surface area contributed by atoms with Crippen LogP contribution in [0, 0.1) is 5.92 Å². The Hall–Kier alpha value is -3.02. The molecule has 1 aliphatic rings. The highest BCUT2D eigenvalue weighted by Crippen LogP contribution is 2.30. The van der Waals surface area contributed by atoms with E-state index in [0.29, 0.717) is 11.3 Å². The van der Waals surface area contributed by atoms with Gasteiger partial charge in [0.1, 0.15) is 0 Å². The Morgan fingerprint density at radius 2 is 1.88 bits per heavy atom. The van der Waals surface area contributed by atoms with Gasteiger partial charge in [0.15, 0.2) is 0 Å². The van der Waals surface area contributed by atoms with Crippen molar-refractivity contribution < 1.29 is 9.59 Å². The van der Waals surface area contributed by atoms with Gasteiger partial charge in [0.05, 0.1) is 11.3 Å². The second-order valence-electron chi connectivity index (χ2n) is 5.72. The number of nitrogens with one attached hydrogen (secondary N) is 2. The largest absolute Gasteiger partial charge is 0.326 e. The number of hydrogen-bond donors (Lipinski definition) is 2. The molecule has 1 heterocycles. The first-order valence-electron chi connectivity index (χ1n) is 7.79. The number of aromatic nitrogens is 1. The van der Waals surface area contributed by atoms with E-state index < -0.39 is 0 Å². The van der Waals surface area contributed by atoms with Crippen LogP contribution in [-0.4, -0.2) is 22.5 Å². The number of hydrazone groups is 1. The number of nitrogens with zero attached hydrogens (tertiary/aromatic N) is 2. The number of benzene rings is 1. The number of carbonyl (C=O) groups is 2. The highest BCUT2D eigenvalue weighted by atomic mass is 16.2. The van der Waals surface area contributed by atoms with Gasteiger partial charge in [0.25, 0.3) is 5.91 Å². The summed E-state index contributed by atoms with van der Waals surface area (Å²) in [5.74, 6) is -0.0525. The van der Waals surface area contributed by atoms with Gasteiger partial charge in [-0.15, -0.1) is 0 Å². The minimum Gasteiger partial charge on any atom is -0.326 e. The first kappa shape index (κ1) is 15.9. The predicted molar refractivity (Wildman–Crippen MR) is 91.7 cm³/mol. The standard InChI is InChI=1S/C18H18N4O2/c1-12(21-22-18(24)15-3-2-10-19-11-15)13-6-8-16(9-7-13)20-17(23)14-4-5-14/h2-3,6-11,14H,4-5H2,1H3,(H,20,23)(H,22,24)/b21-12-. The molecule has 1 aromatic carbocycles. The molecule has 2 aromatic rings. The fourth-order valence-corrected chi connectivity index (χ4v) is 2.15. The molecule has 0 bridgehead atoms. The molecule has 0 aliphatic heterocycles. The highest BCUT2D eigenvalue weighted by molar-refractivity contribution is 6.01. The van der Waals surface area contributed by atoms with Gasteiger partial charge in [-0.05, 0) is 49.6 Å². The molecular formula is C18H18N4O2. The molecule has 0 radical (unpaired) electrons. The minimum absolute atomic E-state index is 0.0804. The summed E-state index contributed by atoms with van der Waals surface area (Å²) < 4.78 is 0. The van der Waals surface area contributed by atoms with Gasteiger partial charge < -0.3 is 5.32 Å². The van der Waals surface area contributed by atoms with E-state index in [0.717, 1.165) is 24.1 Å². The van der Waals surface area contributed by atoms with Crippen LogP contribution in [0.15, 0.2) is 53.9 Å². The minimum atomic E-state index is -0.309. The Morgan fingerprint density at radius 3 is 2.50 bits per heavy atom. The van der Waals surface area contributed by atoms with Crippen molar-refractivity contribution in [1.29, 1.82) is 0 Å². The number of amides is 2. The van der Waals surface area contributed by atoms with Crippen LogP contribution in [0.1, 0.15) is 35.7 Å². The zero-order valence-electron chi connectivity index (χ0n) is 13.3. The molecule has 0 saturated heterocycles. The maximum Gasteiger partial charge on any atom is 0.272 e. The highest BCUT2D eigenvalue weighted by Gasteiger charge is 2.29. The summed E-state index contributed by atoms with van der Waals surface area (Å²) in [6, 6.07) is 10.7. The van der Waals surface area contributed by atoms with E-state index in [1.165, 1.54) is 6.20 Å². The van der Waals surface area contributed by atoms with Gasteiger partial charge in [0, 0.05) is 24.0 Å². The smallest absolute Gasteiger partial charge is 0.272 e. The second-order valence-corrected chi connectivity index (χ2v) is 5.72. The van der Waals surface area contributed by atoms with E-state index in [1.807, 2.05) is 24.3 Å². The lowest BCUT2D eigenvalue weighted by Crippen LogP contribution is -2.19. The predicted octanol–water partition coefficient (Wildman–Crippen LogP) is 2.58. The van der Waals surface area contributed by atoms with E-state index in [2.05, 4.69) is 20.8 Å². The maximum atomic E-state index is 11.9. The van der Waals surface area contributed by atoms with Gasteiger partial charge in [0.2, 0.25) is 5.91 Å². The summed E-state index contributed by atoms with van der Waals surface area (Å²) in [5, 5.41) is 6.99. The first-order chi connectivity index (χ1) is 11.6. The van der Waals surface area contributed by atoms with Crippen LogP contribution >= 0.6 is 0 Å². The van der Waals surface area contributed by atoms with E-state index in [-0.39, 0.29) is 17.7 Å². The quantitative estimate of drug-likeness (QED) is 0.655. The third-order valence-corrected chi connectivity index (χ3v) is 3.77. The molecule has 0 spiro atoms. The van der Waals surface area contributed by atoms with Gasteiger partial charge in [-0.25, -0.2) is 5.43 Å². The molecule has 3 rings (SSSR count). The fraction of sp³-hybridized carbons (Fsp3) is 0.222. The Bertz CT molecular complexity index is 765. The number of carbonyl (C=O) groups excluding carboxylic acids is 2. The van der Waals surface area contributed by atoms with Crippen LogP contribution in [0.5, 0.6) is 0 Å². The van der Waals surface area contributed by atoms with Crippen LogP contribution in [0.4, 0.5) is 5.69 Å². The Labute approximate surface area is 140 Å². The second kappa shape index (κ2) is 7.04. The number of anilines is 1. The van der Waals surface area contributed by atoms with Crippen molar-refractivity contribution in [3.63, 3.8) is 0 Å². The molecule has 1 aliphatic carbocycles. The van der Waals surface area contributed by atoms with Crippen molar-refractivity contribution in [2.75, 3.05) is 5.32 Å². The molecule has 24 heavy (non-hydrogen) atoms. The molecular weight excluding hydrogens is 304 g/mol. The average molecular weight is 322 g/mol. The molecule has 0 atom stereocenters. The normalized spacial score (nSPS) is 14.1. The third kappa shape index (κ3) is 4.04. The van der Waals surface area contributed by atoms with Crippen molar-refractivity contribution in [3.05, 3.63) is 59.9 Å². The van der Waals surface area contributed by atoms with Crippen molar-refractivity contribution in [1.82, 2.24) is 10.4 Å². The first-order valence-corrected chi connectivity index (χ1v) is 7.79. The lowest BCUT2D eigenvalue weighted by molar-refractivity contribution is -0.117. The van der Waals surface area contributed by atoms with E-state index in [9.17, 15) is 9.59 Å². The molecule has 2 amide bonds. The molecule has 6 nitrogen and oxygen atoms in total. The average Bonchev–Trinajstić information content (AvgIpc) is 3.46. The zero-order chi connectivity index (χ0) is 16.9. The van der Waals surface area contributed by atoms with E-state index in [1.54, 1.807) is 25.3 Å². The number of hydrogen-bond acceptors (Lipinski definition) is 4. The zero-order valence-corrected chi connectivity index (χ0v) is 13.3. The molecule has 0 unspecified atom stereocenters. The van der Waals surface area contributed by atoms with Gasteiger partial charge >= 0.3 is 0 Å². The molecule has 1 saturated carbocycles. The monoisotopic (exact) mass is 322 g/mol. The Balaban J connectivity index is 1.60. The van der Waals surface area contributed by atoms with Gasteiger partial charge in [-0.2, -0.15) is 5.10 Å². The Morgan fingerprint density at radius 1 is 1.12 bits per heavy atom. The van der Waals surface area contributed by atoms with Gasteiger partial charge in [-0.3, -0.25) is 14.6 Å². The van der Waals surface area contributed by atoms with Crippen molar-refractivity contribution in [2.45, 2.75) is 19.8 Å². The van der Waals surface area contributed by atoms with E-state index >= 15 is 0 Å². The fourth-order valence-electron chi connectivity index (χ4n) is 2.15. The van der Waals surface area contributed by atoms with E-state index in [4.69, 9.17) is 0 Å². The summed E-state index contributed by atoms with van der Waals surface area (Å²) in [4.78, 5) is 27.5. The number of rotatable bonds is 5. The number of pyridine rings is 1. The van der Waals surface area contributed by atoms with Crippen LogP contribution in [0.3, 0.4) is 0 Å². The van der Waals surface area contributed by atoms with Crippen LogP contribution in [0.25, 0.3) is 0 Å². The summed E-state index contributed by atoms with van der Waals surface area (Å²) in [6.45, 7) is 1.81. The molecule has 2 N–H and O–H groups in total. The molecule has 1 fully saturated rings. The topological polar surface area (TPSA) is 83.4 Å². The molecule has 122 valence electrons. The van der Waals surface area contributed by atoms with Crippen molar-refractivity contribution in [3.8, 4) is 0 Å². The summed E-state index contributed by atoms with van der Waals surface area (Å²) in [7, 11) is 0. The summed E-state index contributed by atoms with van der Waals surface area (Å²) in [5.41, 5.74) is 5.26. The third-order valence-electron chi connectivity index (χ3n) is 3.77. The maximum absolute atomic E-state index is 11.9. The summed E-state index contributed by atoms with van der Waals surface area (Å²) in [6.07, 6.45) is 5.05. The molecule has 1 aromatic heterocycles. The van der Waals surface area contributed by atoms with Gasteiger partial charge in [-0.1, -0.05) is 12.1 Å². The Kier molecular flexibility index (Phi) is 4.65. The van der Waals surface area contributed by atoms with Crippen LogP contribution in [-0.2, 0) is 4.79 Å². The lowest BCUT2D eigenvalue weighted by atomic mass is 10.1.